The Labute approximate surface area is 66.7 Å². The normalized spacial score (nSPS) is 25.2. The topological polar surface area (TPSA) is 58.4 Å². The van der Waals surface area contributed by atoms with E-state index in [0.717, 1.165) is 26.1 Å². The molecule has 0 radical (unpaired) electrons. The van der Waals surface area contributed by atoms with Crippen LogP contribution in [0.15, 0.2) is 0 Å². The fourth-order valence-corrected chi connectivity index (χ4v) is 1.30. The van der Waals surface area contributed by atoms with Crippen LogP contribution in [0.2, 0.25) is 0 Å². The molecule has 1 atom stereocenters. The van der Waals surface area contributed by atoms with E-state index in [1.54, 1.807) is 4.90 Å². The molecule has 2 amide bonds. The first-order valence-electron chi connectivity index (χ1n) is 4.01. The summed E-state index contributed by atoms with van der Waals surface area (Å²) in [4.78, 5) is 12.4. The van der Waals surface area contributed by atoms with Gasteiger partial charge in [0.05, 0.1) is 0 Å². The fourth-order valence-electron chi connectivity index (χ4n) is 1.30. The second kappa shape index (κ2) is 3.57. The van der Waals surface area contributed by atoms with Crippen molar-refractivity contribution >= 4 is 6.03 Å². The predicted octanol–water partition coefficient (Wildman–Crippen LogP) is -0.251. The van der Waals surface area contributed by atoms with Crippen molar-refractivity contribution in [1.29, 1.82) is 0 Å². The van der Waals surface area contributed by atoms with Crippen molar-refractivity contribution in [3.63, 3.8) is 0 Å². The first-order valence-corrected chi connectivity index (χ1v) is 4.01. The van der Waals surface area contributed by atoms with Crippen LogP contribution in [-0.2, 0) is 0 Å². The number of nitrogens with zero attached hydrogens (tertiary/aromatic N) is 1. The number of carbonyl (C=O) groups is 1. The third-order valence-electron chi connectivity index (χ3n) is 2.06. The first kappa shape index (κ1) is 8.33. The van der Waals surface area contributed by atoms with Gasteiger partial charge in [0, 0.05) is 25.7 Å². The number of amides is 2. The van der Waals surface area contributed by atoms with Crippen molar-refractivity contribution in [2.24, 2.45) is 5.73 Å². The molecule has 11 heavy (non-hydrogen) atoms. The summed E-state index contributed by atoms with van der Waals surface area (Å²) >= 11 is 0. The van der Waals surface area contributed by atoms with Crippen LogP contribution in [0.5, 0.6) is 0 Å². The van der Waals surface area contributed by atoms with E-state index in [9.17, 15) is 4.79 Å². The molecule has 0 aromatic heterocycles. The van der Waals surface area contributed by atoms with Gasteiger partial charge in [-0.1, -0.05) is 6.92 Å². The minimum Gasteiger partial charge on any atom is -0.351 e. The van der Waals surface area contributed by atoms with Crippen LogP contribution in [0, 0.1) is 0 Å². The number of carbonyl (C=O) groups excluding carboxylic acids is 1. The average molecular weight is 157 g/mol. The average Bonchev–Trinajstić information content (AvgIpc) is 2.05. The molecular formula is C7H15N3O. The Morgan fingerprint density at radius 3 is 3.09 bits per heavy atom. The SMILES string of the molecule is CC[C@H]1CN(C(N)=O)CCN1. The van der Waals surface area contributed by atoms with Gasteiger partial charge >= 0.3 is 6.03 Å². The summed E-state index contributed by atoms with van der Waals surface area (Å²) in [5.41, 5.74) is 5.14. The molecule has 64 valence electrons. The molecule has 1 fully saturated rings. The monoisotopic (exact) mass is 157 g/mol. The molecule has 4 heteroatoms. The molecule has 1 saturated heterocycles. The molecule has 1 aliphatic rings. The molecule has 1 heterocycles. The van der Waals surface area contributed by atoms with E-state index in [1.165, 1.54) is 0 Å². The van der Waals surface area contributed by atoms with Crippen molar-refractivity contribution in [1.82, 2.24) is 10.2 Å². The standard InChI is InChI=1S/C7H15N3O/c1-2-6-5-10(7(8)11)4-3-9-6/h6,9H,2-5H2,1H3,(H2,8,11)/t6-/m0/s1. The Morgan fingerprint density at radius 2 is 2.55 bits per heavy atom. The summed E-state index contributed by atoms with van der Waals surface area (Å²) in [5.74, 6) is 0. The van der Waals surface area contributed by atoms with Crippen molar-refractivity contribution in [3.8, 4) is 0 Å². The first-order chi connectivity index (χ1) is 5.24. The molecule has 0 saturated carbocycles. The second-order valence-corrected chi connectivity index (χ2v) is 2.84. The van der Waals surface area contributed by atoms with Crippen molar-refractivity contribution in [3.05, 3.63) is 0 Å². The Kier molecular flexibility index (Phi) is 2.70. The molecular weight excluding hydrogens is 142 g/mol. The lowest BCUT2D eigenvalue weighted by Gasteiger charge is -2.31. The predicted molar refractivity (Wildman–Crippen MR) is 43.2 cm³/mol. The van der Waals surface area contributed by atoms with Crippen LogP contribution in [0.25, 0.3) is 0 Å². The number of urea groups is 1. The highest BCUT2D eigenvalue weighted by molar-refractivity contribution is 5.72. The van der Waals surface area contributed by atoms with E-state index in [-0.39, 0.29) is 6.03 Å². The van der Waals surface area contributed by atoms with E-state index in [1.807, 2.05) is 0 Å². The third-order valence-corrected chi connectivity index (χ3v) is 2.06. The third kappa shape index (κ3) is 2.08. The van der Waals surface area contributed by atoms with Crippen LogP contribution in [0.1, 0.15) is 13.3 Å². The van der Waals surface area contributed by atoms with Gasteiger partial charge in [-0.15, -0.1) is 0 Å². The van der Waals surface area contributed by atoms with Gasteiger partial charge in [-0.05, 0) is 6.42 Å². The summed E-state index contributed by atoms with van der Waals surface area (Å²) in [6.45, 7) is 4.46. The summed E-state index contributed by atoms with van der Waals surface area (Å²) in [7, 11) is 0. The van der Waals surface area contributed by atoms with Gasteiger partial charge in [0.1, 0.15) is 0 Å². The van der Waals surface area contributed by atoms with Crippen molar-refractivity contribution in [2.75, 3.05) is 19.6 Å². The van der Waals surface area contributed by atoms with E-state index in [2.05, 4.69) is 12.2 Å². The molecule has 0 aliphatic carbocycles. The fraction of sp³-hybridized carbons (Fsp3) is 0.857. The van der Waals surface area contributed by atoms with E-state index >= 15 is 0 Å². The lowest BCUT2D eigenvalue weighted by Crippen LogP contribution is -2.53. The van der Waals surface area contributed by atoms with Crippen LogP contribution >= 0.6 is 0 Å². The quantitative estimate of drug-likeness (QED) is 0.551. The summed E-state index contributed by atoms with van der Waals surface area (Å²) in [5, 5.41) is 3.30. The number of nitrogens with two attached hydrogens (primary N) is 1. The van der Waals surface area contributed by atoms with Gasteiger partial charge in [0.2, 0.25) is 0 Å². The van der Waals surface area contributed by atoms with Gasteiger partial charge in [0.25, 0.3) is 0 Å². The number of nitrogens with one attached hydrogen (secondary N) is 1. The van der Waals surface area contributed by atoms with Gasteiger partial charge in [0.15, 0.2) is 0 Å². The van der Waals surface area contributed by atoms with Gasteiger partial charge in [-0.2, -0.15) is 0 Å². The van der Waals surface area contributed by atoms with E-state index < -0.39 is 0 Å². The highest BCUT2D eigenvalue weighted by Crippen LogP contribution is 2.00. The maximum atomic E-state index is 10.7. The zero-order chi connectivity index (χ0) is 8.27. The van der Waals surface area contributed by atoms with Crippen LogP contribution < -0.4 is 11.1 Å². The van der Waals surface area contributed by atoms with Gasteiger partial charge < -0.3 is 16.0 Å². The number of primary amides is 1. The van der Waals surface area contributed by atoms with Gasteiger partial charge in [-0.3, -0.25) is 0 Å². The van der Waals surface area contributed by atoms with Crippen LogP contribution in [-0.4, -0.2) is 36.6 Å². The maximum Gasteiger partial charge on any atom is 0.314 e. The number of piperazine rings is 1. The molecule has 0 aromatic carbocycles. The summed E-state index contributed by atoms with van der Waals surface area (Å²) in [6.07, 6.45) is 1.05. The van der Waals surface area contributed by atoms with Crippen LogP contribution in [0.3, 0.4) is 0 Å². The Balaban J connectivity index is 2.39. The Bertz CT molecular complexity index is 149. The molecule has 0 unspecified atom stereocenters. The molecule has 0 aromatic rings. The minimum absolute atomic E-state index is 0.301. The summed E-state index contributed by atoms with van der Waals surface area (Å²) < 4.78 is 0. The largest absolute Gasteiger partial charge is 0.351 e. The molecule has 0 spiro atoms. The molecule has 1 aliphatic heterocycles. The molecule has 4 nitrogen and oxygen atoms in total. The highest BCUT2D eigenvalue weighted by atomic mass is 16.2. The highest BCUT2D eigenvalue weighted by Gasteiger charge is 2.19. The van der Waals surface area contributed by atoms with E-state index in [0.29, 0.717) is 6.04 Å². The molecule has 1 rings (SSSR count). The van der Waals surface area contributed by atoms with Crippen molar-refractivity contribution < 1.29 is 4.79 Å². The van der Waals surface area contributed by atoms with Crippen molar-refractivity contribution in [2.45, 2.75) is 19.4 Å². The van der Waals surface area contributed by atoms with Crippen LogP contribution in [0.4, 0.5) is 4.79 Å². The summed E-state index contributed by atoms with van der Waals surface area (Å²) in [6, 6.07) is 0.126. The molecule has 0 bridgehead atoms. The zero-order valence-electron chi connectivity index (χ0n) is 6.84. The lowest BCUT2D eigenvalue weighted by atomic mass is 10.2. The number of hydrogen-bond acceptors (Lipinski definition) is 2. The second-order valence-electron chi connectivity index (χ2n) is 2.84. The maximum absolute atomic E-state index is 10.7. The molecule has 3 N–H and O–H groups in total. The number of rotatable bonds is 1. The minimum atomic E-state index is -0.301. The Morgan fingerprint density at radius 1 is 1.82 bits per heavy atom. The smallest absolute Gasteiger partial charge is 0.314 e. The zero-order valence-corrected chi connectivity index (χ0v) is 6.84. The lowest BCUT2D eigenvalue weighted by molar-refractivity contribution is 0.184. The number of hydrogen-bond donors (Lipinski definition) is 2. The Hall–Kier alpha value is -0.770. The van der Waals surface area contributed by atoms with E-state index in [4.69, 9.17) is 5.73 Å². The van der Waals surface area contributed by atoms with Gasteiger partial charge in [-0.25, -0.2) is 4.79 Å².